The Bertz CT molecular complexity index is 816. The van der Waals surface area contributed by atoms with Gasteiger partial charge in [-0.2, -0.15) is 0 Å². The van der Waals surface area contributed by atoms with E-state index in [2.05, 4.69) is 5.32 Å². The highest BCUT2D eigenvalue weighted by Gasteiger charge is 2.24. The molecule has 0 saturated heterocycles. The number of amides is 1. The van der Waals surface area contributed by atoms with Crippen LogP contribution in [-0.2, 0) is 16.1 Å². The zero-order valence-electron chi connectivity index (χ0n) is 15.8. The van der Waals surface area contributed by atoms with E-state index in [9.17, 15) is 14.0 Å². The van der Waals surface area contributed by atoms with Crippen molar-refractivity contribution < 1.29 is 23.5 Å². The van der Waals surface area contributed by atoms with Crippen LogP contribution < -0.4 is 10.1 Å². The first-order valence-corrected chi connectivity index (χ1v) is 9.50. The van der Waals surface area contributed by atoms with Crippen molar-refractivity contribution in [2.24, 2.45) is 0 Å². The highest BCUT2D eigenvalue weighted by Crippen LogP contribution is 2.22. The zero-order chi connectivity index (χ0) is 19.9. The van der Waals surface area contributed by atoms with E-state index in [-0.39, 0.29) is 29.9 Å². The molecule has 0 aromatic heterocycles. The highest BCUT2D eigenvalue weighted by molar-refractivity contribution is 5.94. The van der Waals surface area contributed by atoms with E-state index in [1.54, 1.807) is 43.3 Å². The van der Waals surface area contributed by atoms with Gasteiger partial charge in [-0.25, -0.2) is 9.18 Å². The van der Waals surface area contributed by atoms with Crippen LogP contribution in [0.25, 0.3) is 0 Å². The Kier molecular flexibility index (Phi) is 6.63. The lowest BCUT2D eigenvalue weighted by molar-refractivity contribution is -0.129. The number of carbonyl (C=O) groups is 2. The first-order chi connectivity index (χ1) is 13.5. The number of carbonyl (C=O) groups excluding carboxylic acids is 2. The number of para-hydroxylation sites is 1. The summed E-state index contributed by atoms with van der Waals surface area (Å²) in [5, 5.41) is 2.92. The first-order valence-electron chi connectivity index (χ1n) is 9.50. The van der Waals surface area contributed by atoms with Gasteiger partial charge in [0.15, 0.2) is 6.10 Å². The van der Waals surface area contributed by atoms with Gasteiger partial charge in [-0.15, -0.1) is 0 Å². The molecule has 1 atom stereocenters. The second-order valence-corrected chi connectivity index (χ2v) is 6.95. The second kappa shape index (κ2) is 9.35. The van der Waals surface area contributed by atoms with E-state index in [0.717, 1.165) is 31.2 Å². The average Bonchev–Trinajstić information content (AvgIpc) is 3.20. The Labute approximate surface area is 163 Å². The van der Waals surface area contributed by atoms with Gasteiger partial charge in [0.1, 0.15) is 23.7 Å². The van der Waals surface area contributed by atoms with Crippen LogP contribution in [0.3, 0.4) is 0 Å². The fraction of sp³-hybridized carbons (Fsp3) is 0.364. The van der Waals surface area contributed by atoms with Crippen LogP contribution in [0, 0.1) is 5.82 Å². The molecule has 2 aromatic carbocycles. The average molecular weight is 385 g/mol. The fourth-order valence-electron chi connectivity index (χ4n) is 3.17. The number of hydrogen-bond acceptors (Lipinski definition) is 4. The largest absolute Gasteiger partial charge is 0.488 e. The maximum atomic E-state index is 13.0. The number of hydrogen-bond donors (Lipinski definition) is 1. The van der Waals surface area contributed by atoms with Gasteiger partial charge in [-0.1, -0.05) is 37.1 Å². The standard InChI is InChI=1S/C22H24FNO4/c1-15(21(25)24-18-6-2-3-7-18)28-22(26)19-8-4-5-9-20(19)27-14-16-10-12-17(23)13-11-16/h4-5,8-13,15,18H,2-3,6-7,14H2,1H3,(H,24,25)/t15-/m1/s1. The van der Waals surface area contributed by atoms with E-state index < -0.39 is 12.1 Å². The van der Waals surface area contributed by atoms with Gasteiger partial charge in [-0.05, 0) is 49.6 Å². The molecule has 0 aliphatic heterocycles. The van der Waals surface area contributed by atoms with Crippen molar-refractivity contribution in [3.8, 4) is 5.75 Å². The number of ether oxygens (including phenoxy) is 2. The van der Waals surface area contributed by atoms with E-state index in [4.69, 9.17) is 9.47 Å². The quantitative estimate of drug-likeness (QED) is 0.732. The lowest BCUT2D eigenvalue weighted by atomic mass is 10.2. The maximum absolute atomic E-state index is 13.0. The minimum atomic E-state index is -0.891. The molecule has 1 N–H and O–H groups in total. The normalized spacial score (nSPS) is 15.1. The Morgan fingerprint density at radius 3 is 2.50 bits per heavy atom. The summed E-state index contributed by atoms with van der Waals surface area (Å²) >= 11 is 0. The topological polar surface area (TPSA) is 64.6 Å². The van der Waals surface area contributed by atoms with Crippen LogP contribution in [-0.4, -0.2) is 24.0 Å². The molecule has 1 saturated carbocycles. The fourth-order valence-corrected chi connectivity index (χ4v) is 3.17. The Balaban J connectivity index is 1.59. The lowest BCUT2D eigenvalue weighted by Crippen LogP contribution is -2.40. The van der Waals surface area contributed by atoms with Crippen LogP contribution in [0.15, 0.2) is 48.5 Å². The first kappa shape index (κ1) is 19.9. The summed E-state index contributed by atoms with van der Waals surface area (Å²) in [5.74, 6) is -0.883. The van der Waals surface area contributed by atoms with Crippen molar-refractivity contribution in [2.75, 3.05) is 0 Å². The summed E-state index contributed by atoms with van der Waals surface area (Å²) in [6.07, 6.45) is 3.26. The molecule has 0 heterocycles. The number of nitrogens with one attached hydrogen (secondary N) is 1. The molecule has 5 nitrogen and oxygen atoms in total. The van der Waals surface area contributed by atoms with Crippen molar-refractivity contribution in [1.29, 1.82) is 0 Å². The Morgan fingerprint density at radius 2 is 1.79 bits per heavy atom. The molecule has 1 amide bonds. The predicted molar refractivity (Wildman–Crippen MR) is 102 cm³/mol. The van der Waals surface area contributed by atoms with Crippen molar-refractivity contribution in [3.05, 3.63) is 65.5 Å². The molecule has 28 heavy (non-hydrogen) atoms. The van der Waals surface area contributed by atoms with Gasteiger partial charge in [-0.3, -0.25) is 4.79 Å². The van der Waals surface area contributed by atoms with Crippen LogP contribution in [0.1, 0.15) is 48.5 Å². The third-order valence-corrected chi connectivity index (χ3v) is 4.77. The van der Waals surface area contributed by atoms with Gasteiger partial charge in [0, 0.05) is 6.04 Å². The summed E-state index contributed by atoms with van der Waals surface area (Å²) in [7, 11) is 0. The molecular formula is C22H24FNO4. The van der Waals surface area contributed by atoms with Crippen LogP contribution in [0.4, 0.5) is 4.39 Å². The molecule has 6 heteroatoms. The van der Waals surface area contributed by atoms with Crippen molar-refractivity contribution in [1.82, 2.24) is 5.32 Å². The molecule has 0 radical (unpaired) electrons. The van der Waals surface area contributed by atoms with E-state index in [1.165, 1.54) is 12.1 Å². The van der Waals surface area contributed by atoms with Crippen molar-refractivity contribution in [2.45, 2.75) is 51.4 Å². The molecular weight excluding hydrogens is 361 g/mol. The third-order valence-electron chi connectivity index (χ3n) is 4.77. The lowest BCUT2D eigenvalue weighted by Gasteiger charge is -2.18. The third kappa shape index (κ3) is 5.31. The minimum Gasteiger partial charge on any atom is -0.488 e. The number of esters is 1. The van der Waals surface area contributed by atoms with E-state index in [0.29, 0.717) is 5.75 Å². The summed E-state index contributed by atoms with van der Waals surface area (Å²) in [6.45, 7) is 1.74. The van der Waals surface area contributed by atoms with Gasteiger partial charge in [0.2, 0.25) is 0 Å². The Hall–Kier alpha value is -2.89. The molecule has 1 aliphatic carbocycles. The zero-order valence-corrected chi connectivity index (χ0v) is 15.8. The van der Waals surface area contributed by atoms with Gasteiger partial charge in [0.25, 0.3) is 5.91 Å². The molecule has 0 unspecified atom stereocenters. The molecule has 0 bridgehead atoms. The van der Waals surface area contributed by atoms with Gasteiger partial charge < -0.3 is 14.8 Å². The van der Waals surface area contributed by atoms with E-state index >= 15 is 0 Å². The van der Waals surface area contributed by atoms with Crippen LogP contribution in [0.5, 0.6) is 5.75 Å². The number of rotatable bonds is 7. The van der Waals surface area contributed by atoms with Crippen LogP contribution in [0.2, 0.25) is 0 Å². The summed E-state index contributed by atoms with van der Waals surface area (Å²) in [6, 6.07) is 12.8. The molecule has 2 aromatic rings. The SMILES string of the molecule is C[C@@H](OC(=O)c1ccccc1OCc1ccc(F)cc1)C(=O)NC1CCCC1. The summed E-state index contributed by atoms with van der Waals surface area (Å²) in [5.41, 5.74) is 1.01. The highest BCUT2D eigenvalue weighted by atomic mass is 19.1. The van der Waals surface area contributed by atoms with Gasteiger partial charge >= 0.3 is 5.97 Å². The minimum absolute atomic E-state index is 0.167. The van der Waals surface area contributed by atoms with Gasteiger partial charge in [0.05, 0.1) is 0 Å². The molecule has 148 valence electrons. The monoisotopic (exact) mass is 385 g/mol. The van der Waals surface area contributed by atoms with Crippen molar-refractivity contribution >= 4 is 11.9 Å². The predicted octanol–water partition coefficient (Wildman–Crippen LogP) is 4.01. The molecule has 1 aliphatic rings. The smallest absolute Gasteiger partial charge is 0.342 e. The second-order valence-electron chi connectivity index (χ2n) is 6.95. The molecule has 1 fully saturated rings. The maximum Gasteiger partial charge on any atom is 0.342 e. The summed E-state index contributed by atoms with van der Waals surface area (Å²) in [4.78, 5) is 24.8. The van der Waals surface area contributed by atoms with E-state index in [1.807, 2.05) is 0 Å². The summed E-state index contributed by atoms with van der Waals surface area (Å²) < 4.78 is 24.0. The van der Waals surface area contributed by atoms with Crippen LogP contribution >= 0.6 is 0 Å². The molecule has 3 rings (SSSR count). The Morgan fingerprint density at radius 1 is 1.11 bits per heavy atom. The molecule has 0 spiro atoms. The number of halogens is 1. The van der Waals surface area contributed by atoms with Crippen molar-refractivity contribution in [3.63, 3.8) is 0 Å². The number of benzene rings is 2.